The first-order chi connectivity index (χ1) is 15.0. The molecular weight excluding hydrogens is 412 g/mol. The Balaban J connectivity index is 1.80. The Bertz CT molecular complexity index is 1200. The zero-order chi connectivity index (χ0) is 22.0. The van der Waals surface area contributed by atoms with Crippen molar-refractivity contribution in [2.45, 2.75) is 13.5 Å². The lowest BCUT2D eigenvalue weighted by Crippen LogP contribution is -2.32. The Morgan fingerprint density at radius 3 is 2.42 bits per heavy atom. The van der Waals surface area contributed by atoms with Crippen LogP contribution in [0.4, 0.5) is 5.69 Å². The summed E-state index contributed by atoms with van der Waals surface area (Å²) in [5.41, 5.74) is 3.50. The molecule has 0 unspecified atom stereocenters. The molecule has 1 aliphatic heterocycles. The number of methoxy groups -OCH3 is 1. The Morgan fingerprint density at radius 2 is 1.68 bits per heavy atom. The summed E-state index contributed by atoms with van der Waals surface area (Å²) in [4.78, 5) is 28.1. The fraction of sp³-hybridized carbons (Fsp3) is 0.120. The van der Waals surface area contributed by atoms with E-state index in [2.05, 4.69) is 5.32 Å². The molecule has 1 heterocycles. The third-order valence-electron chi connectivity index (χ3n) is 5.12. The van der Waals surface area contributed by atoms with Gasteiger partial charge in [-0.1, -0.05) is 60.1 Å². The molecule has 0 fully saturated rings. The number of halogens is 1. The predicted octanol–water partition coefficient (Wildman–Crippen LogP) is 5.05. The number of hydrogen-bond donors (Lipinski definition) is 1. The highest BCUT2D eigenvalue weighted by atomic mass is 35.5. The molecule has 4 rings (SSSR count). The predicted molar refractivity (Wildman–Crippen MR) is 122 cm³/mol. The average Bonchev–Trinajstić information content (AvgIpc) is 2.99. The van der Waals surface area contributed by atoms with E-state index in [0.29, 0.717) is 21.9 Å². The number of hydrogen-bond acceptors (Lipinski definition) is 4. The fourth-order valence-corrected chi connectivity index (χ4v) is 3.80. The van der Waals surface area contributed by atoms with Crippen LogP contribution in [0.15, 0.2) is 78.5 Å². The number of carbonyl (C=O) groups excluding carboxylic acids is 2. The molecule has 0 atom stereocenters. The normalized spacial score (nSPS) is 13.7. The van der Waals surface area contributed by atoms with Crippen molar-refractivity contribution in [3.63, 3.8) is 0 Å². The third-order valence-corrected chi connectivity index (χ3v) is 5.49. The molecule has 5 nitrogen and oxygen atoms in total. The molecule has 6 heteroatoms. The van der Waals surface area contributed by atoms with Crippen LogP contribution >= 0.6 is 11.6 Å². The van der Waals surface area contributed by atoms with Crippen LogP contribution in [0.5, 0.6) is 5.75 Å². The summed E-state index contributed by atoms with van der Waals surface area (Å²) in [5, 5.41) is 3.67. The summed E-state index contributed by atoms with van der Waals surface area (Å²) >= 11 is 6.28. The van der Waals surface area contributed by atoms with Gasteiger partial charge in [-0.25, -0.2) is 0 Å². The Labute approximate surface area is 185 Å². The smallest absolute Gasteiger partial charge is 0.278 e. The zero-order valence-corrected chi connectivity index (χ0v) is 17.9. The van der Waals surface area contributed by atoms with E-state index in [0.717, 1.165) is 11.3 Å². The number of nitrogens with one attached hydrogen (secondary N) is 1. The minimum Gasteiger partial charge on any atom is -0.496 e. The van der Waals surface area contributed by atoms with Gasteiger partial charge in [-0.3, -0.25) is 14.5 Å². The number of aryl methyl sites for hydroxylation is 1. The van der Waals surface area contributed by atoms with Gasteiger partial charge in [0.15, 0.2) is 0 Å². The maximum absolute atomic E-state index is 13.5. The molecule has 0 radical (unpaired) electrons. The van der Waals surface area contributed by atoms with E-state index in [1.165, 1.54) is 12.0 Å². The lowest BCUT2D eigenvalue weighted by Gasteiger charge is -2.16. The van der Waals surface area contributed by atoms with Gasteiger partial charge in [-0.2, -0.15) is 0 Å². The van der Waals surface area contributed by atoms with Crippen molar-refractivity contribution in [1.82, 2.24) is 4.90 Å². The molecule has 3 aromatic carbocycles. The minimum absolute atomic E-state index is 0.0784. The summed E-state index contributed by atoms with van der Waals surface area (Å²) in [5.74, 6) is -0.293. The number of amides is 2. The van der Waals surface area contributed by atoms with Crippen molar-refractivity contribution in [1.29, 1.82) is 0 Å². The van der Waals surface area contributed by atoms with Gasteiger partial charge in [0.05, 0.1) is 19.2 Å². The number of anilines is 1. The number of imide groups is 1. The number of nitrogens with zero attached hydrogens (tertiary/aromatic N) is 1. The van der Waals surface area contributed by atoms with Crippen LogP contribution in [0.2, 0.25) is 5.02 Å². The molecular formula is C25H21ClN2O3. The fourth-order valence-electron chi connectivity index (χ4n) is 3.60. The van der Waals surface area contributed by atoms with Crippen molar-refractivity contribution >= 4 is 34.7 Å². The van der Waals surface area contributed by atoms with E-state index in [4.69, 9.17) is 16.3 Å². The van der Waals surface area contributed by atoms with Crippen LogP contribution in [-0.4, -0.2) is 23.8 Å². The van der Waals surface area contributed by atoms with Crippen LogP contribution in [0.25, 0.3) is 5.57 Å². The SMILES string of the molecule is COc1ccccc1C1=C(Nc2cccc(C)c2)C(=O)N(Cc2ccccc2Cl)C1=O. The number of rotatable bonds is 6. The summed E-state index contributed by atoms with van der Waals surface area (Å²) < 4.78 is 5.47. The first-order valence-electron chi connectivity index (χ1n) is 9.80. The zero-order valence-electron chi connectivity index (χ0n) is 17.2. The van der Waals surface area contributed by atoms with Gasteiger partial charge in [0.1, 0.15) is 11.4 Å². The standard InChI is InChI=1S/C25H21ClN2O3/c1-16-8-7-10-18(14-16)27-23-22(19-11-4-6-13-21(19)31-2)24(29)28(25(23)30)15-17-9-3-5-12-20(17)26/h3-14,27H,15H2,1-2H3. The van der Waals surface area contributed by atoms with Gasteiger partial charge in [0, 0.05) is 16.3 Å². The second kappa shape index (κ2) is 8.66. The number of carbonyl (C=O) groups is 2. The van der Waals surface area contributed by atoms with E-state index in [-0.39, 0.29) is 17.8 Å². The Kier molecular flexibility index (Phi) is 5.78. The lowest BCUT2D eigenvalue weighted by molar-refractivity contribution is -0.137. The highest BCUT2D eigenvalue weighted by Gasteiger charge is 2.40. The van der Waals surface area contributed by atoms with E-state index >= 15 is 0 Å². The van der Waals surface area contributed by atoms with Gasteiger partial charge in [-0.15, -0.1) is 0 Å². The molecule has 0 bridgehead atoms. The highest BCUT2D eigenvalue weighted by molar-refractivity contribution is 6.37. The molecule has 156 valence electrons. The molecule has 1 aliphatic rings. The van der Waals surface area contributed by atoms with Gasteiger partial charge in [0.2, 0.25) is 0 Å². The van der Waals surface area contributed by atoms with E-state index in [9.17, 15) is 9.59 Å². The van der Waals surface area contributed by atoms with Crippen molar-refractivity contribution in [2.75, 3.05) is 12.4 Å². The molecule has 0 spiro atoms. The lowest BCUT2D eigenvalue weighted by atomic mass is 10.0. The molecule has 3 aromatic rings. The Hall–Kier alpha value is -3.57. The number of ether oxygens (including phenoxy) is 1. The maximum atomic E-state index is 13.5. The minimum atomic E-state index is -0.410. The summed E-state index contributed by atoms with van der Waals surface area (Å²) in [6, 6.07) is 22.0. The van der Waals surface area contributed by atoms with E-state index in [1.54, 1.807) is 24.3 Å². The third kappa shape index (κ3) is 4.05. The molecule has 1 N–H and O–H groups in total. The van der Waals surface area contributed by atoms with Crippen molar-refractivity contribution < 1.29 is 14.3 Å². The molecule has 2 amide bonds. The van der Waals surface area contributed by atoms with Gasteiger partial charge in [0.25, 0.3) is 11.8 Å². The Morgan fingerprint density at radius 1 is 0.935 bits per heavy atom. The van der Waals surface area contributed by atoms with Gasteiger partial charge < -0.3 is 10.1 Å². The molecule has 0 saturated heterocycles. The van der Waals surface area contributed by atoms with Crippen LogP contribution < -0.4 is 10.1 Å². The van der Waals surface area contributed by atoms with Gasteiger partial charge >= 0.3 is 0 Å². The monoisotopic (exact) mass is 432 g/mol. The number of para-hydroxylation sites is 1. The first-order valence-corrected chi connectivity index (χ1v) is 10.2. The average molecular weight is 433 g/mol. The van der Waals surface area contributed by atoms with Crippen LogP contribution in [-0.2, 0) is 16.1 Å². The highest BCUT2D eigenvalue weighted by Crippen LogP contribution is 2.36. The second-order valence-corrected chi connectivity index (χ2v) is 7.64. The first kappa shape index (κ1) is 20.7. The second-order valence-electron chi connectivity index (χ2n) is 7.23. The maximum Gasteiger partial charge on any atom is 0.278 e. The van der Waals surface area contributed by atoms with E-state index in [1.807, 2.05) is 55.5 Å². The molecule has 0 aromatic heterocycles. The molecule has 0 aliphatic carbocycles. The molecule has 31 heavy (non-hydrogen) atoms. The van der Waals surface area contributed by atoms with Crippen molar-refractivity contribution in [3.8, 4) is 5.75 Å². The topological polar surface area (TPSA) is 58.6 Å². The van der Waals surface area contributed by atoms with E-state index < -0.39 is 11.8 Å². The van der Waals surface area contributed by atoms with Gasteiger partial charge in [-0.05, 0) is 42.3 Å². The largest absolute Gasteiger partial charge is 0.496 e. The summed E-state index contributed by atoms with van der Waals surface area (Å²) in [6.45, 7) is 2.04. The summed E-state index contributed by atoms with van der Waals surface area (Å²) in [7, 11) is 1.54. The van der Waals surface area contributed by atoms with Crippen LogP contribution in [0.1, 0.15) is 16.7 Å². The number of benzene rings is 3. The quantitative estimate of drug-likeness (QED) is 0.554. The summed E-state index contributed by atoms with van der Waals surface area (Å²) in [6.07, 6.45) is 0. The van der Waals surface area contributed by atoms with Crippen molar-refractivity contribution in [2.24, 2.45) is 0 Å². The van der Waals surface area contributed by atoms with Crippen LogP contribution in [0, 0.1) is 6.92 Å². The van der Waals surface area contributed by atoms with Crippen molar-refractivity contribution in [3.05, 3.63) is 100 Å². The molecule has 0 saturated carbocycles. The van der Waals surface area contributed by atoms with Crippen LogP contribution in [0.3, 0.4) is 0 Å².